The second kappa shape index (κ2) is 4.84. The maximum atomic E-state index is 12.0. The Balaban J connectivity index is 2.19. The number of nitrogens with one attached hydrogen (secondary N) is 2. The maximum Gasteiger partial charge on any atom is 0.258 e. The van der Waals surface area contributed by atoms with Crippen molar-refractivity contribution in [2.24, 2.45) is 12.9 Å². The van der Waals surface area contributed by atoms with Gasteiger partial charge in [0.25, 0.3) is 5.91 Å². The lowest BCUT2D eigenvalue weighted by atomic mass is 10.1. The molecule has 0 bridgehead atoms. The normalized spacial score (nSPS) is 10.2. The fourth-order valence-corrected chi connectivity index (χ4v) is 1.55. The van der Waals surface area contributed by atoms with E-state index in [2.05, 4.69) is 20.8 Å². The van der Waals surface area contributed by atoms with E-state index in [0.717, 1.165) is 11.3 Å². The van der Waals surface area contributed by atoms with Crippen molar-refractivity contribution in [3.05, 3.63) is 35.7 Å². The number of hydrazine groups is 1. The number of nitrogens with zero attached hydrogens (tertiary/aromatic N) is 3. The zero-order valence-corrected chi connectivity index (χ0v) is 10.1. The van der Waals surface area contributed by atoms with Crippen LogP contribution < -0.4 is 16.6 Å². The van der Waals surface area contributed by atoms with Gasteiger partial charge in [-0.25, -0.2) is 4.68 Å². The minimum atomic E-state index is -0.238. The van der Waals surface area contributed by atoms with E-state index >= 15 is 0 Å². The SMILES string of the molecule is Cc1cc(C(=O)Nc2ncnn2C)ccc1NN. The molecule has 0 radical (unpaired) electrons. The lowest BCUT2D eigenvalue weighted by Gasteiger charge is -2.08. The van der Waals surface area contributed by atoms with E-state index in [1.807, 2.05) is 6.92 Å². The Morgan fingerprint density at radius 1 is 1.44 bits per heavy atom. The van der Waals surface area contributed by atoms with Crippen LogP contribution in [0.4, 0.5) is 11.6 Å². The quantitative estimate of drug-likeness (QED) is 0.546. The molecule has 7 nitrogen and oxygen atoms in total. The number of nitrogens with two attached hydrogens (primary N) is 1. The Morgan fingerprint density at radius 3 is 2.78 bits per heavy atom. The molecule has 1 heterocycles. The molecule has 7 heteroatoms. The molecule has 2 aromatic rings. The molecule has 2 rings (SSSR count). The molecule has 0 saturated carbocycles. The third-order valence-corrected chi connectivity index (χ3v) is 2.58. The second-order valence-electron chi connectivity index (χ2n) is 3.84. The summed E-state index contributed by atoms with van der Waals surface area (Å²) in [6, 6.07) is 5.19. The molecule has 94 valence electrons. The molecule has 1 amide bonds. The molecule has 1 aromatic heterocycles. The summed E-state index contributed by atoms with van der Waals surface area (Å²) in [5, 5.41) is 6.54. The summed E-state index contributed by atoms with van der Waals surface area (Å²) in [4.78, 5) is 15.9. The average Bonchev–Trinajstić information content (AvgIpc) is 2.75. The van der Waals surface area contributed by atoms with Gasteiger partial charge in [0, 0.05) is 12.6 Å². The molecular formula is C11H14N6O. The van der Waals surface area contributed by atoms with E-state index in [0.29, 0.717) is 11.5 Å². The summed E-state index contributed by atoms with van der Waals surface area (Å²) in [6.45, 7) is 1.87. The van der Waals surface area contributed by atoms with E-state index in [1.54, 1.807) is 25.2 Å². The highest BCUT2D eigenvalue weighted by Gasteiger charge is 2.10. The zero-order valence-electron chi connectivity index (χ0n) is 10.1. The topological polar surface area (TPSA) is 97.9 Å². The average molecular weight is 246 g/mol. The Kier molecular flexibility index (Phi) is 3.24. The number of carbonyl (C=O) groups excluding carboxylic acids is 1. The van der Waals surface area contributed by atoms with Crippen molar-refractivity contribution >= 4 is 17.5 Å². The predicted molar refractivity (Wildman–Crippen MR) is 67.9 cm³/mol. The van der Waals surface area contributed by atoms with Gasteiger partial charge in [-0.05, 0) is 30.7 Å². The van der Waals surface area contributed by atoms with E-state index in [-0.39, 0.29) is 5.91 Å². The third-order valence-electron chi connectivity index (χ3n) is 2.58. The minimum Gasteiger partial charge on any atom is -0.324 e. The van der Waals surface area contributed by atoms with Crippen molar-refractivity contribution < 1.29 is 4.79 Å². The van der Waals surface area contributed by atoms with Crippen LogP contribution in [0.1, 0.15) is 15.9 Å². The van der Waals surface area contributed by atoms with Crippen LogP contribution in [-0.4, -0.2) is 20.7 Å². The number of hydrogen-bond acceptors (Lipinski definition) is 5. The van der Waals surface area contributed by atoms with Gasteiger partial charge in [0.1, 0.15) is 6.33 Å². The van der Waals surface area contributed by atoms with Gasteiger partial charge in [-0.15, -0.1) is 0 Å². The first-order valence-electron chi connectivity index (χ1n) is 5.34. The second-order valence-corrected chi connectivity index (χ2v) is 3.84. The van der Waals surface area contributed by atoms with Crippen molar-refractivity contribution in [1.29, 1.82) is 0 Å². The predicted octanol–water partition coefficient (Wildman–Crippen LogP) is 0.661. The van der Waals surface area contributed by atoms with Crippen molar-refractivity contribution in [3.63, 3.8) is 0 Å². The largest absolute Gasteiger partial charge is 0.324 e. The fourth-order valence-electron chi connectivity index (χ4n) is 1.55. The number of nitrogen functional groups attached to an aromatic ring is 1. The monoisotopic (exact) mass is 246 g/mol. The fraction of sp³-hybridized carbons (Fsp3) is 0.182. The molecule has 0 fully saturated rings. The summed E-state index contributed by atoms with van der Waals surface area (Å²) in [5.74, 6) is 5.50. The van der Waals surface area contributed by atoms with Gasteiger partial charge < -0.3 is 5.43 Å². The molecule has 0 aliphatic heterocycles. The zero-order chi connectivity index (χ0) is 13.1. The van der Waals surface area contributed by atoms with Crippen molar-refractivity contribution in [1.82, 2.24) is 14.8 Å². The molecule has 0 spiro atoms. The lowest BCUT2D eigenvalue weighted by Crippen LogP contribution is -2.16. The first-order valence-corrected chi connectivity index (χ1v) is 5.34. The first-order chi connectivity index (χ1) is 8.61. The van der Waals surface area contributed by atoms with E-state index in [4.69, 9.17) is 5.84 Å². The van der Waals surface area contributed by atoms with Gasteiger partial charge in [-0.1, -0.05) is 0 Å². The highest BCUT2D eigenvalue weighted by Crippen LogP contribution is 2.16. The van der Waals surface area contributed by atoms with Gasteiger partial charge in [-0.3, -0.25) is 16.0 Å². The van der Waals surface area contributed by atoms with Crippen molar-refractivity contribution in [3.8, 4) is 0 Å². The van der Waals surface area contributed by atoms with Gasteiger partial charge in [0.05, 0.1) is 5.69 Å². The van der Waals surface area contributed by atoms with Gasteiger partial charge in [-0.2, -0.15) is 10.1 Å². The van der Waals surface area contributed by atoms with Crippen molar-refractivity contribution in [2.75, 3.05) is 10.7 Å². The van der Waals surface area contributed by atoms with E-state index in [9.17, 15) is 4.79 Å². The summed E-state index contributed by atoms with van der Waals surface area (Å²) in [7, 11) is 1.70. The Morgan fingerprint density at radius 2 is 2.22 bits per heavy atom. The number of amides is 1. The van der Waals surface area contributed by atoms with Crippen LogP contribution in [0.25, 0.3) is 0 Å². The number of benzene rings is 1. The molecule has 1 aromatic carbocycles. The standard InChI is InChI=1S/C11H14N6O/c1-7-5-8(3-4-9(7)16-12)10(18)15-11-13-6-14-17(11)2/h3-6,16H,12H2,1-2H3,(H,13,14,15,18). The molecule has 0 aliphatic carbocycles. The Hall–Kier alpha value is -2.41. The molecule has 0 atom stereocenters. The van der Waals surface area contributed by atoms with Crippen LogP contribution in [0.3, 0.4) is 0 Å². The number of aryl methyl sites for hydroxylation is 2. The smallest absolute Gasteiger partial charge is 0.258 e. The highest BCUT2D eigenvalue weighted by molar-refractivity contribution is 6.03. The molecule has 18 heavy (non-hydrogen) atoms. The van der Waals surface area contributed by atoms with Crippen LogP contribution in [-0.2, 0) is 7.05 Å². The van der Waals surface area contributed by atoms with Crippen LogP contribution in [0.2, 0.25) is 0 Å². The number of aromatic nitrogens is 3. The first kappa shape index (κ1) is 12.1. The number of rotatable bonds is 3. The number of hydrogen-bond donors (Lipinski definition) is 3. The summed E-state index contributed by atoms with van der Waals surface area (Å²) in [5.41, 5.74) is 4.77. The molecule has 0 unspecified atom stereocenters. The molecule has 0 aliphatic rings. The van der Waals surface area contributed by atoms with Crippen LogP contribution in [0, 0.1) is 6.92 Å². The van der Waals surface area contributed by atoms with Crippen LogP contribution in [0.5, 0.6) is 0 Å². The molecular weight excluding hydrogens is 232 g/mol. The van der Waals surface area contributed by atoms with Crippen molar-refractivity contribution in [2.45, 2.75) is 6.92 Å². The number of anilines is 2. The third kappa shape index (κ3) is 2.30. The van der Waals surface area contributed by atoms with Gasteiger partial charge in [0.2, 0.25) is 5.95 Å². The summed E-state index contributed by atoms with van der Waals surface area (Å²) in [6.07, 6.45) is 1.38. The Labute approximate surface area is 104 Å². The number of carbonyl (C=O) groups is 1. The summed E-state index contributed by atoms with van der Waals surface area (Å²) >= 11 is 0. The van der Waals surface area contributed by atoms with E-state index < -0.39 is 0 Å². The van der Waals surface area contributed by atoms with Crippen LogP contribution >= 0.6 is 0 Å². The van der Waals surface area contributed by atoms with Crippen LogP contribution in [0.15, 0.2) is 24.5 Å². The van der Waals surface area contributed by atoms with Gasteiger partial charge >= 0.3 is 0 Å². The minimum absolute atomic E-state index is 0.238. The Bertz CT molecular complexity index is 577. The highest BCUT2D eigenvalue weighted by atomic mass is 16.1. The van der Waals surface area contributed by atoms with Gasteiger partial charge in [0.15, 0.2) is 0 Å². The molecule has 4 N–H and O–H groups in total. The molecule has 0 saturated heterocycles. The summed E-state index contributed by atoms with van der Waals surface area (Å²) < 4.78 is 1.49. The van der Waals surface area contributed by atoms with E-state index in [1.165, 1.54) is 11.0 Å². The lowest BCUT2D eigenvalue weighted by molar-refractivity contribution is 0.102. The maximum absolute atomic E-state index is 12.0.